The van der Waals surface area contributed by atoms with Gasteiger partial charge in [-0.2, -0.15) is 0 Å². The Morgan fingerprint density at radius 2 is 2.18 bits per heavy atom. The highest BCUT2D eigenvalue weighted by Crippen LogP contribution is 2.23. The molecule has 0 spiro atoms. The lowest BCUT2D eigenvalue weighted by atomic mass is 10.1. The molecule has 6 heteroatoms. The van der Waals surface area contributed by atoms with Crippen LogP contribution in [0.25, 0.3) is 0 Å². The van der Waals surface area contributed by atoms with Gasteiger partial charge in [0.2, 0.25) is 0 Å². The first-order chi connectivity index (χ1) is 8.06. The Morgan fingerprint density at radius 3 is 2.71 bits per heavy atom. The van der Waals surface area contributed by atoms with Crippen LogP contribution in [0, 0.1) is 5.92 Å². The van der Waals surface area contributed by atoms with Gasteiger partial charge in [-0.25, -0.2) is 0 Å². The summed E-state index contributed by atoms with van der Waals surface area (Å²) in [6, 6.07) is 3.09. The second-order valence-corrected chi connectivity index (χ2v) is 5.46. The smallest absolute Gasteiger partial charge is 0.310 e. The lowest BCUT2D eigenvalue weighted by Crippen LogP contribution is -2.32. The maximum atomic E-state index is 11.7. The third kappa shape index (κ3) is 2.87. The zero-order valence-electron chi connectivity index (χ0n) is 8.72. The van der Waals surface area contributed by atoms with E-state index >= 15 is 0 Å². The molecule has 1 amide bonds. The number of carboxylic acids is 1. The number of carbonyl (C=O) groups excluding carboxylic acids is 1. The maximum absolute atomic E-state index is 11.7. The van der Waals surface area contributed by atoms with Gasteiger partial charge in [0.05, 0.1) is 15.1 Å². The maximum Gasteiger partial charge on any atom is 0.310 e. The van der Waals surface area contributed by atoms with E-state index in [9.17, 15) is 9.59 Å². The van der Waals surface area contributed by atoms with Gasteiger partial charge in [0.15, 0.2) is 0 Å². The van der Waals surface area contributed by atoms with Gasteiger partial charge in [-0.1, -0.05) is 23.8 Å². The van der Waals surface area contributed by atoms with Crippen LogP contribution in [0.4, 0.5) is 0 Å². The number of rotatable bonds is 3. The van der Waals surface area contributed by atoms with Crippen molar-refractivity contribution in [2.45, 2.75) is 12.5 Å². The van der Waals surface area contributed by atoms with Crippen LogP contribution in [0.1, 0.15) is 16.1 Å². The molecule has 2 unspecified atom stereocenters. The van der Waals surface area contributed by atoms with Crippen LogP contribution in [0.15, 0.2) is 24.3 Å². The van der Waals surface area contributed by atoms with E-state index in [1.807, 2.05) is 0 Å². The summed E-state index contributed by atoms with van der Waals surface area (Å²) in [4.78, 5) is 23.0. The lowest BCUT2D eigenvalue weighted by molar-refractivity contribution is -0.140. The normalized spacial score (nSPS) is 22.6. The number of hydrogen-bond donors (Lipinski definition) is 2. The SMILES string of the molecule is O=C(NC1C=CC(C(=O)O)C1)c1ccc(Cl)s1. The summed E-state index contributed by atoms with van der Waals surface area (Å²) in [7, 11) is 0. The van der Waals surface area contributed by atoms with E-state index in [-0.39, 0.29) is 11.9 Å². The minimum Gasteiger partial charge on any atom is -0.481 e. The molecule has 0 fully saturated rings. The van der Waals surface area contributed by atoms with Crippen molar-refractivity contribution in [3.63, 3.8) is 0 Å². The summed E-state index contributed by atoms with van der Waals surface area (Å²) in [5.41, 5.74) is 0. The fraction of sp³-hybridized carbons (Fsp3) is 0.273. The lowest BCUT2D eigenvalue weighted by Gasteiger charge is -2.10. The number of hydrogen-bond acceptors (Lipinski definition) is 3. The third-order valence-electron chi connectivity index (χ3n) is 2.51. The zero-order chi connectivity index (χ0) is 12.4. The van der Waals surface area contributed by atoms with Crippen molar-refractivity contribution in [1.82, 2.24) is 5.32 Å². The summed E-state index contributed by atoms with van der Waals surface area (Å²) < 4.78 is 0.556. The summed E-state index contributed by atoms with van der Waals surface area (Å²) in [6.07, 6.45) is 3.72. The predicted molar refractivity (Wildman–Crippen MR) is 65.5 cm³/mol. The van der Waals surface area contributed by atoms with E-state index in [1.165, 1.54) is 11.3 Å². The van der Waals surface area contributed by atoms with Crippen molar-refractivity contribution >= 4 is 34.8 Å². The Bertz CT molecular complexity index is 483. The van der Waals surface area contributed by atoms with Crippen molar-refractivity contribution in [1.29, 1.82) is 0 Å². The monoisotopic (exact) mass is 271 g/mol. The third-order valence-corrected chi connectivity index (χ3v) is 3.74. The van der Waals surface area contributed by atoms with Crippen LogP contribution >= 0.6 is 22.9 Å². The molecule has 0 saturated carbocycles. The topological polar surface area (TPSA) is 66.4 Å². The standard InChI is InChI=1S/C11H10ClNO3S/c12-9-4-3-8(17-9)10(14)13-7-2-1-6(5-7)11(15)16/h1-4,6-7H,5H2,(H,13,14)(H,15,16). The molecule has 0 bridgehead atoms. The van der Waals surface area contributed by atoms with Gasteiger partial charge >= 0.3 is 5.97 Å². The van der Waals surface area contributed by atoms with E-state index in [0.717, 1.165) is 0 Å². The quantitative estimate of drug-likeness (QED) is 0.828. The fourth-order valence-corrected chi connectivity index (χ4v) is 2.61. The molecule has 1 aliphatic rings. The van der Waals surface area contributed by atoms with Crippen molar-refractivity contribution in [2.24, 2.45) is 5.92 Å². The Hall–Kier alpha value is -1.33. The molecule has 2 rings (SSSR count). The van der Waals surface area contributed by atoms with Gasteiger partial charge in [-0.05, 0) is 18.6 Å². The molecule has 0 aliphatic heterocycles. The number of carboxylic acid groups (broad SMARTS) is 1. The van der Waals surface area contributed by atoms with Gasteiger partial charge in [0.1, 0.15) is 0 Å². The first kappa shape index (κ1) is 12.1. The largest absolute Gasteiger partial charge is 0.481 e. The average Bonchev–Trinajstić information content (AvgIpc) is 2.86. The average molecular weight is 272 g/mol. The molecule has 90 valence electrons. The van der Waals surface area contributed by atoms with Crippen LogP contribution in [0.3, 0.4) is 0 Å². The van der Waals surface area contributed by atoms with E-state index in [0.29, 0.717) is 15.6 Å². The van der Waals surface area contributed by atoms with Gasteiger partial charge in [0.25, 0.3) is 5.91 Å². The number of nitrogens with one attached hydrogen (secondary N) is 1. The van der Waals surface area contributed by atoms with Crippen LogP contribution < -0.4 is 5.32 Å². The zero-order valence-corrected chi connectivity index (χ0v) is 10.3. The number of thiophene rings is 1. The number of halogens is 1. The van der Waals surface area contributed by atoms with Crippen molar-refractivity contribution in [3.05, 3.63) is 33.5 Å². The molecule has 0 aromatic carbocycles. The molecule has 1 aromatic heterocycles. The number of carbonyl (C=O) groups is 2. The highest BCUT2D eigenvalue weighted by Gasteiger charge is 2.25. The molecular weight excluding hydrogens is 262 g/mol. The van der Waals surface area contributed by atoms with Crippen molar-refractivity contribution in [2.75, 3.05) is 0 Å². The van der Waals surface area contributed by atoms with Gasteiger partial charge in [-0.15, -0.1) is 11.3 Å². The van der Waals surface area contributed by atoms with Crippen LogP contribution in [-0.4, -0.2) is 23.0 Å². The fourth-order valence-electron chi connectivity index (χ4n) is 1.66. The first-order valence-electron chi connectivity index (χ1n) is 5.03. The Morgan fingerprint density at radius 1 is 1.41 bits per heavy atom. The molecule has 2 atom stereocenters. The van der Waals surface area contributed by atoms with Crippen LogP contribution in [0.5, 0.6) is 0 Å². The Kier molecular flexibility index (Phi) is 3.49. The number of amides is 1. The van der Waals surface area contributed by atoms with E-state index < -0.39 is 11.9 Å². The van der Waals surface area contributed by atoms with E-state index in [1.54, 1.807) is 24.3 Å². The molecule has 1 heterocycles. The molecule has 0 saturated heterocycles. The molecule has 2 N–H and O–H groups in total. The minimum absolute atomic E-state index is 0.218. The van der Waals surface area contributed by atoms with Crippen LogP contribution in [-0.2, 0) is 4.79 Å². The van der Waals surface area contributed by atoms with Crippen molar-refractivity contribution < 1.29 is 14.7 Å². The minimum atomic E-state index is -0.864. The molecule has 0 radical (unpaired) electrons. The second-order valence-electron chi connectivity index (χ2n) is 3.75. The summed E-state index contributed by atoms with van der Waals surface area (Å²) >= 11 is 6.93. The highest BCUT2D eigenvalue weighted by molar-refractivity contribution is 7.17. The van der Waals surface area contributed by atoms with Gasteiger partial charge < -0.3 is 10.4 Å². The van der Waals surface area contributed by atoms with E-state index in [2.05, 4.69) is 5.32 Å². The summed E-state index contributed by atoms with van der Waals surface area (Å²) in [5.74, 6) is -1.59. The Labute approximate surface area is 107 Å². The van der Waals surface area contributed by atoms with Gasteiger partial charge in [0, 0.05) is 6.04 Å². The van der Waals surface area contributed by atoms with Crippen molar-refractivity contribution in [3.8, 4) is 0 Å². The van der Waals surface area contributed by atoms with Gasteiger partial charge in [-0.3, -0.25) is 9.59 Å². The Balaban J connectivity index is 1.93. The van der Waals surface area contributed by atoms with Crippen LogP contribution in [0.2, 0.25) is 4.34 Å². The molecule has 1 aromatic rings. The van der Waals surface area contributed by atoms with E-state index in [4.69, 9.17) is 16.7 Å². The molecule has 1 aliphatic carbocycles. The summed E-state index contributed by atoms with van der Waals surface area (Å²) in [6.45, 7) is 0. The highest BCUT2D eigenvalue weighted by atomic mass is 35.5. The first-order valence-corrected chi connectivity index (χ1v) is 6.23. The summed E-state index contributed by atoms with van der Waals surface area (Å²) in [5, 5.41) is 11.6. The predicted octanol–water partition coefficient (Wildman–Crippen LogP) is 2.16. The molecule has 17 heavy (non-hydrogen) atoms. The molecular formula is C11H10ClNO3S. The number of aliphatic carboxylic acids is 1. The molecule has 4 nitrogen and oxygen atoms in total. The second kappa shape index (κ2) is 4.89.